The van der Waals surface area contributed by atoms with Gasteiger partial charge in [-0.3, -0.25) is 14.6 Å². The van der Waals surface area contributed by atoms with Crippen molar-refractivity contribution in [3.8, 4) is 0 Å². The van der Waals surface area contributed by atoms with Gasteiger partial charge in [0.1, 0.15) is 0 Å². The molecule has 1 unspecified atom stereocenters. The summed E-state index contributed by atoms with van der Waals surface area (Å²) in [4.78, 5) is 19.0. The van der Waals surface area contributed by atoms with Gasteiger partial charge >= 0.3 is 0 Å². The Morgan fingerprint density at radius 1 is 1.28 bits per heavy atom. The fourth-order valence-electron chi connectivity index (χ4n) is 3.19. The molecule has 140 valence electrons. The highest BCUT2D eigenvalue weighted by molar-refractivity contribution is 5.77. The van der Waals surface area contributed by atoms with Crippen molar-refractivity contribution in [2.24, 2.45) is 0 Å². The zero-order valence-corrected chi connectivity index (χ0v) is 16.2. The first kappa shape index (κ1) is 19.9. The monoisotopic (exact) mass is 346 g/mol. The third-order valence-electron chi connectivity index (χ3n) is 5.10. The summed E-state index contributed by atoms with van der Waals surface area (Å²) in [7, 11) is 4.18. The first-order valence-corrected chi connectivity index (χ1v) is 9.42. The number of benzene rings is 1. The zero-order chi connectivity index (χ0) is 18.2. The van der Waals surface area contributed by atoms with Crippen LogP contribution in [0.3, 0.4) is 0 Å². The summed E-state index contributed by atoms with van der Waals surface area (Å²) in [5.74, 6) is 0.120. The first-order valence-electron chi connectivity index (χ1n) is 9.42. The molecule has 0 spiro atoms. The average Bonchev–Trinajstić information content (AvgIpc) is 2.60. The normalized spacial score (nSPS) is 19.5. The van der Waals surface area contributed by atoms with E-state index in [1.54, 1.807) is 0 Å². The minimum atomic E-state index is 0.120. The summed E-state index contributed by atoms with van der Waals surface area (Å²) in [5, 5.41) is 3.05. The van der Waals surface area contributed by atoms with Gasteiger partial charge in [0, 0.05) is 44.8 Å². The summed E-state index contributed by atoms with van der Waals surface area (Å²) in [5.41, 5.74) is 1.39. The molecule has 2 rings (SSSR count). The molecule has 1 aromatic rings. The Morgan fingerprint density at radius 3 is 2.68 bits per heavy atom. The number of rotatable bonds is 8. The molecular formula is C20H34N4O. The molecule has 0 aliphatic carbocycles. The molecule has 1 N–H and O–H groups in total. The van der Waals surface area contributed by atoms with Crippen LogP contribution in [-0.2, 0) is 4.79 Å². The van der Waals surface area contributed by atoms with Crippen molar-refractivity contribution in [2.75, 3.05) is 53.4 Å². The van der Waals surface area contributed by atoms with Gasteiger partial charge < -0.3 is 10.2 Å². The number of piperazine rings is 1. The van der Waals surface area contributed by atoms with Gasteiger partial charge in [0.05, 0.1) is 6.54 Å². The predicted octanol–water partition coefficient (Wildman–Crippen LogP) is 1.82. The molecule has 1 amide bonds. The van der Waals surface area contributed by atoms with Gasteiger partial charge in [0.25, 0.3) is 0 Å². The van der Waals surface area contributed by atoms with Gasteiger partial charge in [-0.05, 0) is 39.9 Å². The second-order valence-electron chi connectivity index (χ2n) is 7.44. The van der Waals surface area contributed by atoms with E-state index in [-0.39, 0.29) is 5.91 Å². The summed E-state index contributed by atoms with van der Waals surface area (Å²) < 4.78 is 0. The van der Waals surface area contributed by atoms with Crippen LogP contribution in [-0.4, -0.2) is 80.0 Å². The number of likely N-dealkylation sites (N-methyl/N-ethyl adjacent to an activating group) is 2. The Bertz CT molecular complexity index is 520. The lowest BCUT2D eigenvalue weighted by Crippen LogP contribution is -2.47. The Hall–Kier alpha value is -1.43. The number of carbonyl (C=O) groups is 1. The molecular weight excluding hydrogens is 312 g/mol. The van der Waals surface area contributed by atoms with E-state index in [0.29, 0.717) is 18.6 Å². The minimum Gasteiger partial charge on any atom is -0.355 e. The molecule has 1 aromatic carbocycles. The first-order chi connectivity index (χ1) is 12.0. The Balaban J connectivity index is 1.77. The van der Waals surface area contributed by atoms with Crippen molar-refractivity contribution < 1.29 is 4.79 Å². The van der Waals surface area contributed by atoms with Gasteiger partial charge in [-0.15, -0.1) is 0 Å². The summed E-state index contributed by atoms with van der Waals surface area (Å²) in [6.45, 7) is 9.70. The van der Waals surface area contributed by atoms with Crippen molar-refractivity contribution in [1.29, 1.82) is 0 Å². The maximum atomic E-state index is 12.0. The largest absolute Gasteiger partial charge is 0.355 e. The third-order valence-corrected chi connectivity index (χ3v) is 5.10. The maximum absolute atomic E-state index is 12.0. The highest BCUT2D eigenvalue weighted by atomic mass is 16.2. The van der Waals surface area contributed by atoms with Gasteiger partial charge in [-0.1, -0.05) is 30.3 Å². The van der Waals surface area contributed by atoms with E-state index in [2.05, 4.69) is 71.2 Å². The number of amides is 1. The lowest BCUT2D eigenvalue weighted by atomic mass is 10.0. The van der Waals surface area contributed by atoms with Crippen LogP contribution in [0.1, 0.15) is 31.9 Å². The molecule has 1 atom stereocenters. The SMILES string of the molecule is CC(C)N(C)CC(=O)NCCCN1CCN(C)CC1c1ccccc1. The highest BCUT2D eigenvalue weighted by Gasteiger charge is 2.25. The van der Waals surface area contributed by atoms with Gasteiger partial charge in [-0.25, -0.2) is 0 Å². The van der Waals surface area contributed by atoms with E-state index < -0.39 is 0 Å². The van der Waals surface area contributed by atoms with Crippen molar-refractivity contribution >= 4 is 5.91 Å². The van der Waals surface area contributed by atoms with Crippen LogP contribution in [0.25, 0.3) is 0 Å². The van der Waals surface area contributed by atoms with Crippen molar-refractivity contribution in [2.45, 2.75) is 32.4 Å². The quantitative estimate of drug-likeness (QED) is 0.729. The van der Waals surface area contributed by atoms with E-state index in [0.717, 1.165) is 39.1 Å². The maximum Gasteiger partial charge on any atom is 0.234 e. The predicted molar refractivity (Wildman–Crippen MR) is 104 cm³/mol. The zero-order valence-electron chi connectivity index (χ0n) is 16.2. The van der Waals surface area contributed by atoms with Crippen LogP contribution in [0.2, 0.25) is 0 Å². The van der Waals surface area contributed by atoms with E-state index in [4.69, 9.17) is 0 Å². The third kappa shape index (κ3) is 6.42. The van der Waals surface area contributed by atoms with Gasteiger partial charge in [0.15, 0.2) is 0 Å². The van der Waals surface area contributed by atoms with E-state index in [9.17, 15) is 4.79 Å². The van der Waals surface area contributed by atoms with E-state index in [1.165, 1.54) is 5.56 Å². The van der Waals surface area contributed by atoms with E-state index in [1.807, 2.05) is 7.05 Å². The molecule has 1 saturated heterocycles. The molecule has 5 nitrogen and oxygen atoms in total. The van der Waals surface area contributed by atoms with Crippen molar-refractivity contribution in [1.82, 2.24) is 20.0 Å². The Morgan fingerprint density at radius 2 is 2.00 bits per heavy atom. The molecule has 1 heterocycles. The average molecular weight is 347 g/mol. The van der Waals surface area contributed by atoms with Crippen LogP contribution in [0.5, 0.6) is 0 Å². The molecule has 0 aromatic heterocycles. The van der Waals surface area contributed by atoms with Crippen LogP contribution in [0.4, 0.5) is 0 Å². The topological polar surface area (TPSA) is 38.8 Å². The molecule has 0 bridgehead atoms. The van der Waals surface area contributed by atoms with Crippen LogP contribution in [0, 0.1) is 0 Å². The van der Waals surface area contributed by atoms with Crippen LogP contribution in [0.15, 0.2) is 30.3 Å². The number of carbonyl (C=O) groups excluding carboxylic acids is 1. The smallest absolute Gasteiger partial charge is 0.234 e. The Kier molecular flexibility index (Phi) is 7.88. The molecule has 1 aliphatic heterocycles. The van der Waals surface area contributed by atoms with E-state index >= 15 is 0 Å². The standard InChI is InChI=1S/C20H34N4O/c1-17(2)23(4)16-20(25)21-11-8-12-24-14-13-22(3)15-19(24)18-9-6-5-7-10-18/h5-7,9-10,17,19H,8,11-16H2,1-4H3,(H,21,25). The molecule has 1 fully saturated rings. The molecule has 25 heavy (non-hydrogen) atoms. The molecule has 1 aliphatic rings. The Labute approximate surface area is 153 Å². The van der Waals surface area contributed by atoms with Gasteiger partial charge in [-0.2, -0.15) is 0 Å². The second-order valence-corrected chi connectivity index (χ2v) is 7.44. The molecule has 0 radical (unpaired) electrons. The molecule has 5 heteroatoms. The summed E-state index contributed by atoms with van der Waals surface area (Å²) in [6, 6.07) is 11.6. The number of hydrogen-bond donors (Lipinski definition) is 1. The number of nitrogens with zero attached hydrogens (tertiary/aromatic N) is 3. The highest BCUT2D eigenvalue weighted by Crippen LogP contribution is 2.24. The van der Waals surface area contributed by atoms with Crippen LogP contribution >= 0.6 is 0 Å². The molecule has 0 saturated carbocycles. The fourth-order valence-corrected chi connectivity index (χ4v) is 3.19. The lowest BCUT2D eigenvalue weighted by Gasteiger charge is -2.40. The minimum absolute atomic E-state index is 0.120. The van der Waals surface area contributed by atoms with Crippen LogP contribution < -0.4 is 5.32 Å². The summed E-state index contributed by atoms with van der Waals surface area (Å²) >= 11 is 0. The lowest BCUT2D eigenvalue weighted by molar-refractivity contribution is -0.122. The van der Waals surface area contributed by atoms with Gasteiger partial charge in [0.2, 0.25) is 5.91 Å². The van der Waals surface area contributed by atoms with Crippen molar-refractivity contribution in [3.63, 3.8) is 0 Å². The summed E-state index contributed by atoms with van der Waals surface area (Å²) in [6.07, 6.45) is 0.990. The van der Waals surface area contributed by atoms with Crippen molar-refractivity contribution in [3.05, 3.63) is 35.9 Å². The fraction of sp³-hybridized carbons (Fsp3) is 0.650. The number of nitrogens with one attached hydrogen (secondary N) is 1. The number of hydrogen-bond acceptors (Lipinski definition) is 4. The second kappa shape index (κ2) is 9.90.